The maximum Gasteiger partial charge on any atom is 0.260 e. The van der Waals surface area contributed by atoms with Gasteiger partial charge in [-0.25, -0.2) is 22.2 Å². The van der Waals surface area contributed by atoms with Crippen LogP contribution >= 0.6 is 11.6 Å². The zero-order valence-corrected chi connectivity index (χ0v) is 19.0. The number of nitrogens with one attached hydrogen (secondary N) is 1. The van der Waals surface area contributed by atoms with E-state index in [0.29, 0.717) is 0 Å². The van der Waals surface area contributed by atoms with Gasteiger partial charge in [0.15, 0.2) is 0 Å². The Morgan fingerprint density at radius 3 is 2.61 bits per heavy atom. The van der Waals surface area contributed by atoms with Gasteiger partial charge in [-0.1, -0.05) is 24.2 Å². The first-order valence-corrected chi connectivity index (χ1v) is 11.5. The number of halogens is 3. The number of amides is 1. The molecule has 1 aliphatic heterocycles. The van der Waals surface area contributed by atoms with Crippen molar-refractivity contribution in [2.45, 2.75) is 17.9 Å². The molecule has 0 radical (unpaired) electrons. The molecule has 0 saturated carbocycles. The van der Waals surface area contributed by atoms with E-state index in [1.807, 2.05) is 0 Å². The highest BCUT2D eigenvalue weighted by Gasteiger charge is 2.32. The molecule has 3 rings (SSSR count). The molecule has 1 heterocycles. The highest BCUT2D eigenvalue weighted by molar-refractivity contribution is 7.89. The summed E-state index contributed by atoms with van der Waals surface area (Å²) in [4.78, 5) is 16.5. The van der Waals surface area contributed by atoms with Crippen LogP contribution in [0.1, 0.15) is 17.3 Å². The summed E-state index contributed by atoms with van der Waals surface area (Å²) in [5, 5.41) is 2.38. The average molecular weight is 496 g/mol. The fourth-order valence-corrected chi connectivity index (χ4v) is 4.72. The van der Waals surface area contributed by atoms with Crippen LogP contribution in [0.4, 0.5) is 8.78 Å². The van der Waals surface area contributed by atoms with Gasteiger partial charge in [0.25, 0.3) is 5.91 Å². The van der Waals surface area contributed by atoms with Gasteiger partial charge in [-0.05, 0) is 49.4 Å². The number of morpholine rings is 1. The molecule has 0 bridgehead atoms. The first-order chi connectivity index (χ1) is 15.6. The van der Waals surface area contributed by atoms with Crippen molar-refractivity contribution in [1.29, 1.82) is 0 Å². The standard InChI is InChI=1S/C22H20ClF2N3O4S/c1-3-16(27-22(29)21-18(23)5-4-6-19(21)25)11-26-20-13-28(12-14(2)32-20)33(30,31)17-9-7-15(24)8-10-17/h3-11,14H,1,12-13H2,2H3,(H,27,29)/b16-11+,26-20+/t14-/m0/s1. The van der Waals surface area contributed by atoms with E-state index in [2.05, 4.69) is 16.9 Å². The van der Waals surface area contributed by atoms with Crippen molar-refractivity contribution in [2.24, 2.45) is 4.99 Å². The quantitative estimate of drug-likeness (QED) is 0.616. The summed E-state index contributed by atoms with van der Waals surface area (Å²) in [6.07, 6.45) is 1.96. The number of aliphatic imine (C=N–C) groups is 1. The van der Waals surface area contributed by atoms with Crippen molar-refractivity contribution in [3.63, 3.8) is 0 Å². The molecule has 1 aliphatic rings. The summed E-state index contributed by atoms with van der Waals surface area (Å²) >= 11 is 5.91. The predicted octanol–water partition coefficient (Wildman–Crippen LogP) is 3.88. The number of hydrogen-bond acceptors (Lipinski definition) is 5. The van der Waals surface area contributed by atoms with E-state index in [4.69, 9.17) is 16.3 Å². The molecule has 0 aromatic heterocycles. The van der Waals surface area contributed by atoms with E-state index in [9.17, 15) is 22.0 Å². The molecule has 174 valence electrons. The molecule has 1 fully saturated rings. The van der Waals surface area contributed by atoms with Gasteiger partial charge in [-0.15, -0.1) is 0 Å². The third-order valence-corrected chi connectivity index (χ3v) is 6.72. The topological polar surface area (TPSA) is 88.1 Å². The number of nitrogens with zero attached hydrogens (tertiary/aromatic N) is 2. The van der Waals surface area contributed by atoms with Crippen LogP contribution in [0.3, 0.4) is 0 Å². The smallest absolute Gasteiger partial charge is 0.260 e. The maximum atomic E-state index is 14.0. The lowest BCUT2D eigenvalue weighted by atomic mass is 10.2. The van der Waals surface area contributed by atoms with Crippen molar-refractivity contribution < 1.29 is 26.7 Å². The largest absolute Gasteiger partial charge is 0.475 e. The SMILES string of the molecule is C=C/C(=C\N=C1/CN(S(=O)(=O)c2ccc(F)cc2)C[C@H](C)O1)NC(=O)c1c(F)cccc1Cl. The number of carbonyl (C=O) groups excluding carboxylic acids is 1. The third-order valence-electron chi connectivity index (χ3n) is 4.58. The molecule has 11 heteroatoms. The van der Waals surface area contributed by atoms with Crippen LogP contribution in [-0.2, 0) is 14.8 Å². The lowest BCUT2D eigenvalue weighted by molar-refractivity contribution is 0.0963. The minimum absolute atomic E-state index is 0.0614. The fraction of sp³-hybridized carbons (Fsp3) is 0.182. The minimum Gasteiger partial charge on any atom is -0.475 e. The summed E-state index contributed by atoms with van der Waals surface area (Å²) in [5.41, 5.74) is -0.222. The molecule has 1 atom stereocenters. The van der Waals surface area contributed by atoms with Gasteiger partial charge in [-0.3, -0.25) is 4.79 Å². The molecule has 2 aromatic rings. The molecular weight excluding hydrogens is 476 g/mol. The maximum absolute atomic E-state index is 14.0. The zero-order valence-electron chi connectivity index (χ0n) is 17.5. The number of carbonyl (C=O) groups is 1. The highest BCUT2D eigenvalue weighted by atomic mass is 35.5. The lowest BCUT2D eigenvalue weighted by Crippen LogP contribution is -2.47. The second-order valence-corrected chi connectivity index (χ2v) is 9.39. The predicted molar refractivity (Wildman–Crippen MR) is 120 cm³/mol. The number of hydrogen-bond donors (Lipinski definition) is 1. The van der Waals surface area contributed by atoms with E-state index < -0.39 is 33.7 Å². The second kappa shape index (κ2) is 10.2. The normalized spacial score (nSPS) is 18.6. The van der Waals surface area contributed by atoms with E-state index in [0.717, 1.165) is 22.5 Å². The van der Waals surface area contributed by atoms with E-state index in [1.165, 1.54) is 36.5 Å². The van der Waals surface area contributed by atoms with Gasteiger partial charge in [0, 0.05) is 0 Å². The minimum atomic E-state index is -3.91. The van der Waals surface area contributed by atoms with E-state index in [1.54, 1.807) is 6.92 Å². The van der Waals surface area contributed by atoms with Gasteiger partial charge in [0.05, 0.1) is 40.5 Å². The summed E-state index contributed by atoms with van der Waals surface area (Å²) in [6.45, 7) is 5.13. The molecular formula is C22H20ClF2N3O4S. The van der Waals surface area contributed by atoms with Gasteiger partial charge in [-0.2, -0.15) is 4.31 Å². The van der Waals surface area contributed by atoms with Crippen molar-refractivity contribution in [1.82, 2.24) is 9.62 Å². The number of benzene rings is 2. The molecule has 1 saturated heterocycles. The summed E-state index contributed by atoms with van der Waals surface area (Å²) in [7, 11) is -3.91. The van der Waals surface area contributed by atoms with Crippen molar-refractivity contribution in [3.05, 3.63) is 89.2 Å². The Balaban J connectivity index is 1.80. The Morgan fingerprint density at radius 1 is 1.27 bits per heavy atom. The first-order valence-electron chi connectivity index (χ1n) is 9.69. The van der Waals surface area contributed by atoms with Crippen LogP contribution in [-0.4, -0.2) is 43.7 Å². The lowest BCUT2D eigenvalue weighted by Gasteiger charge is -2.31. The number of ether oxygens (including phenoxy) is 1. The van der Waals surface area contributed by atoms with Crippen LogP contribution < -0.4 is 5.32 Å². The van der Waals surface area contributed by atoms with E-state index >= 15 is 0 Å². The van der Waals surface area contributed by atoms with Gasteiger partial charge in [0.2, 0.25) is 15.9 Å². The number of sulfonamides is 1. The molecule has 33 heavy (non-hydrogen) atoms. The zero-order chi connectivity index (χ0) is 24.2. The summed E-state index contributed by atoms with van der Waals surface area (Å²) in [6, 6.07) is 8.35. The van der Waals surface area contributed by atoms with Crippen molar-refractivity contribution >= 4 is 33.4 Å². The van der Waals surface area contributed by atoms with Crippen molar-refractivity contribution in [2.75, 3.05) is 13.1 Å². The number of allylic oxidation sites excluding steroid dienone is 1. The fourth-order valence-electron chi connectivity index (χ4n) is 3.00. The molecule has 2 aromatic carbocycles. The van der Waals surface area contributed by atoms with Gasteiger partial charge < -0.3 is 10.1 Å². The Labute approximate surface area is 195 Å². The molecule has 1 N–H and O–H groups in total. The second-order valence-electron chi connectivity index (χ2n) is 7.04. The highest BCUT2D eigenvalue weighted by Crippen LogP contribution is 2.21. The van der Waals surface area contributed by atoms with Crippen LogP contribution in [0.25, 0.3) is 0 Å². The first kappa shape index (κ1) is 24.6. The average Bonchev–Trinajstić information content (AvgIpc) is 2.76. The summed E-state index contributed by atoms with van der Waals surface area (Å²) < 4.78 is 59.7. The van der Waals surface area contributed by atoms with E-state index in [-0.39, 0.29) is 40.2 Å². The molecule has 0 unspecified atom stereocenters. The van der Waals surface area contributed by atoms with Crippen LogP contribution in [0.2, 0.25) is 5.02 Å². The molecule has 7 nitrogen and oxygen atoms in total. The summed E-state index contributed by atoms with van der Waals surface area (Å²) in [5.74, 6) is -2.08. The van der Waals surface area contributed by atoms with Crippen LogP contribution in [0, 0.1) is 11.6 Å². The van der Waals surface area contributed by atoms with Gasteiger partial charge in [0.1, 0.15) is 17.7 Å². The Kier molecular flexibility index (Phi) is 7.62. The van der Waals surface area contributed by atoms with Gasteiger partial charge >= 0.3 is 0 Å². The molecule has 1 amide bonds. The van der Waals surface area contributed by atoms with Crippen LogP contribution in [0.5, 0.6) is 0 Å². The van der Waals surface area contributed by atoms with Crippen molar-refractivity contribution in [3.8, 4) is 0 Å². The molecule has 0 aliphatic carbocycles. The number of rotatable bonds is 6. The Hall–Kier alpha value is -3.08. The Bertz CT molecular complexity index is 1210. The Morgan fingerprint density at radius 2 is 1.97 bits per heavy atom. The van der Waals surface area contributed by atoms with Crippen LogP contribution in [0.15, 0.2) is 76.9 Å². The monoisotopic (exact) mass is 495 g/mol. The molecule has 0 spiro atoms. The third kappa shape index (κ3) is 5.84.